The monoisotopic (exact) mass is 259 g/mol. The molecule has 19 heavy (non-hydrogen) atoms. The lowest BCUT2D eigenvalue weighted by atomic mass is 10.00. The molecule has 0 spiro atoms. The van der Waals surface area contributed by atoms with Crippen LogP contribution in [0.5, 0.6) is 0 Å². The van der Waals surface area contributed by atoms with Gasteiger partial charge in [0.1, 0.15) is 0 Å². The summed E-state index contributed by atoms with van der Waals surface area (Å²) >= 11 is 0. The number of benzene rings is 1. The van der Waals surface area contributed by atoms with Crippen molar-refractivity contribution in [1.82, 2.24) is 15.1 Å². The van der Waals surface area contributed by atoms with Crippen LogP contribution >= 0.6 is 0 Å². The fourth-order valence-electron chi connectivity index (χ4n) is 3.45. The Hall–Kier alpha value is -0.900. The maximum atomic E-state index is 3.66. The van der Waals surface area contributed by atoms with Crippen molar-refractivity contribution in [2.24, 2.45) is 0 Å². The molecule has 2 saturated heterocycles. The number of nitrogens with one attached hydrogen (secondary N) is 1. The molecule has 1 aromatic rings. The Balaban J connectivity index is 1.64. The van der Waals surface area contributed by atoms with Gasteiger partial charge in [-0.3, -0.25) is 4.90 Å². The van der Waals surface area contributed by atoms with Crippen molar-refractivity contribution in [2.45, 2.75) is 24.9 Å². The third kappa shape index (κ3) is 3.16. The highest BCUT2D eigenvalue weighted by molar-refractivity contribution is 5.19. The van der Waals surface area contributed by atoms with E-state index in [1.165, 1.54) is 38.0 Å². The lowest BCUT2D eigenvalue weighted by molar-refractivity contribution is 0.0847. The molecular formula is C16H25N3. The molecule has 2 aliphatic heterocycles. The van der Waals surface area contributed by atoms with Gasteiger partial charge in [-0.15, -0.1) is 0 Å². The Kier molecular flexibility index (Phi) is 4.16. The first-order valence-electron chi connectivity index (χ1n) is 7.54. The van der Waals surface area contributed by atoms with Crippen molar-refractivity contribution in [3.63, 3.8) is 0 Å². The summed E-state index contributed by atoms with van der Waals surface area (Å²) in [5.74, 6) is 0. The van der Waals surface area contributed by atoms with E-state index in [1.54, 1.807) is 0 Å². The van der Waals surface area contributed by atoms with Gasteiger partial charge in [-0.05, 0) is 32.0 Å². The summed E-state index contributed by atoms with van der Waals surface area (Å²) in [6, 6.07) is 12.1. The molecule has 1 N–H and O–H groups in total. The zero-order valence-corrected chi connectivity index (χ0v) is 11.9. The van der Waals surface area contributed by atoms with Gasteiger partial charge < -0.3 is 10.2 Å². The molecule has 2 unspecified atom stereocenters. The molecule has 0 aromatic heterocycles. The van der Waals surface area contributed by atoms with E-state index in [4.69, 9.17) is 0 Å². The van der Waals surface area contributed by atoms with E-state index in [0.717, 1.165) is 19.1 Å². The average molecular weight is 259 g/mol. The van der Waals surface area contributed by atoms with Crippen LogP contribution in [0.25, 0.3) is 0 Å². The van der Waals surface area contributed by atoms with Crippen LogP contribution in [0.2, 0.25) is 0 Å². The first-order valence-corrected chi connectivity index (χ1v) is 7.54. The summed E-state index contributed by atoms with van der Waals surface area (Å²) in [5, 5.41) is 3.66. The molecule has 0 saturated carbocycles. The molecule has 0 bridgehead atoms. The van der Waals surface area contributed by atoms with E-state index in [0.29, 0.717) is 6.04 Å². The number of rotatable bonds is 2. The molecular weight excluding hydrogens is 234 g/mol. The topological polar surface area (TPSA) is 18.5 Å². The molecule has 3 heteroatoms. The first kappa shape index (κ1) is 13.1. The highest BCUT2D eigenvalue weighted by Crippen LogP contribution is 2.22. The summed E-state index contributed by atoms with van der Waals surface area (Å²) < 4.78 is 0. The summed E-state index contributed by atoms with van der Waals surface area (Å²) in [6.07, 6.45) is 2.72. The van der Waals surface area contributed by atoms with Crippen LogP contribution in [-0.2, 0) is 0 Å². The smallest absolute Gasteiger partial charge is 0.0449 e. The minimum Gasteiger partial charge on any atom is -0.308 e. The quantitative estimate of drug-likeness (QED) is 0.872. The highest BCUT2D eigenvalue weighted by Gasteiger charge is 2.28. The van der Waals surface area contributed by atoms with Crippen molar-refractivity contribution in [2.75, 3.05) is 39.8 Å². The van der Waals surface area contributed by atoms with Crippen molar-refractivity contribution in [1.29, 1.82) is 0 Å². The van der Waals surface area contributed by atoms with Crippen molar-refractivity contribution in [3.05, 3.63) is 35.9 Å². The number of piperazine rings is 1. The molecule has 104 valence electrons. The number of hydrogen-bond donors (Lipinski definition) is 1. The molecule has 2 atom stereocenters. The van der Waals surface area contributed by atoms with Gasteiger partial charge in [0, 0.05) is 38.3 Å². The zero-order valence-electron chi connectivity index (χ0n) is 11.9. The van der Waals surface area contributed by atoms with Gasteiger partial charge in [0.05, 0.1) is 0 Å². The van der Waals surface area contributed by atoms with Gasteiger partial charge in [0.15, 0.2) is 0 Å². The predicted molar refractivity (Wildman–Crippen MR) is 79.3 cm³/mol. The molecule has 2 fully saturated rings. The molecule has 0 amide bonds. The number of hydrogen-bond acceptors (Lipinski definition) is 3. The van der Waals surface area contributed by atoms with Crippen molar-refractivity contribution < 1.29 is 0 Å². The molecule has 0 aliphatic carbocycles. The fourth-order valence-corrected chi connectivity index (χ4v) is 3.45. The van der Waals surface area contributed by atoms with E-state index in [9.17, 15) is 0 Å². The SMILES string of the molecule is CN1CCCC(N2CCNC(c3ccccc3)C2)C1. The van der Waals surface area contributed by atoms with Crippen LogP contribution in [-0.4, -0.2) is 55.6 Å². The summed E-state index contributed by atoms with van der Waals surface area (Å²) in [6.45, 7) is 5.97. The molecule has 2 aliphatic rings. The second-order valence-corrected chi connectivity index (χ2v) is 5.97. The van der Waals surface area contributed by atoms with Gasteiger partial charge in [0.25, 0.3) is 0 Å². The maximum absolute atomic E-state index is 3.66. The van der Waals surface area contributed by atoms with E-state index in [-0.39, 0.29) is 0 Å². The summed E-state index contributed by atoms with van der Waals surface area (Å²) in [7, 11) is 2.25. The Morgan fingerprint density at radius 3 is 2.74 bits per heavy atom. The summed E-state index contributed by atoms with van der Waals surface area (Å²) in [5.41, 5.74) is 1.43. The third-order valence-corrected chi connectivity index (χ3v) is 4.52. The van der Waals surface area contributed by atoms with Gasteiger partial charge in [-0.2, -0.15) is 0 Å². The van der Waals surface area contributed by atoms with Gasteiger partial charge in [-0.25, -0.2) is 0 Å². The number of piperidine rings is 1. The molecule has 1 aromatic carbocycles. The van der Waals surface area contributed by atoms with Gasteiger partial charge in [0.2, 0.25) is 0 Å². The average Bonchev–Trinajstić information content (AvgIpc) is 2.48. The van der Waals surface area contributed by atoms with Crippen LogP contribution in [0.1, 0.15) is 24.4 Å². The third-order valence-electron chi connectivity index (χ3n) is 4.52. The number of likely N-dealkylation sites (N-methyl/N-ethyl adjacent to an activating group) is 1. The minimum atomic E-state index is 0.502. The van der Waals surface area contributed by atoms with Crippen molar-refractivity contribution in [3.8, 4) is 0 Å². The molecule has 3 rings (SSSR count). The Labute approximate surface area is 116 Å². The van der Waals surface area contributed by atoms with Crippen LogP contribution in [0.4, 0.5) is 0 Å². The normalized spacial score (nSPS) is 30.4. The first-order chi connectivity index (χ1) is 9.33. The molecule has 3 nitrogen and oxygen atoms in total. The minimum absolute atomic E-state index is 0.502. The van der Waals surface area contributed by atoms with E-state index >= 15 is 0 Å². The van der Waals surface area contributed by atoms with Crippen LogP contribution < -0.4 is 5.32 Å². The standard InChI is InChI=1S/C16H25N3/c1-18-10-5-8-15(12-18)19-11-9-17-16(13-19)14-6-3-2-4-7-14/h2-4,6-7,15-17H,5,8-13H2,1H3. The number of likely N-dealkylation sites (tertiary alicyclic amines) is 1. The second-order valence-electron chi connectivity index (χ2n) is 5.97. The molecule has 0 radical (unpaired) electrons. The fraction of sp³-hybridized carbons (Fsp3) is 0.625. The van der Waals surface area contributed by atoms with E-state index < -0.39 is 0 Å². The predicted octanol–water partition coefficient (Wildman–Crippen LogP) is 1.73. The van der Waals surface area contributed by atoms with Gasteiger partial charge >= 0.3 is 0 Å². The maximum Gasteiger partial charge on any atom is 0.0449 e. The second kappa shape index (κ2) is 6.04. The molecule has 2 heterocycles. The van der Waals surface area contributed by atoms with Crippen LogP contribution in [0.3, 0.4) is 0 Å². The van der Waals surface area contributed by atoms with E-state index in [2.05, 4.69) is 52.5 Å². The lowest BCUT2D eigenvalue weighted by Crippen LogP contribution is -2.54. The number of nitrogens with zero attached hydrogens (tertiary/aromatic N) is 2. The summed E-state index contributed by atoms with van der Waals surface area (Å²) in [4.78, 5) is 5.18. The van der Waals surface area contributed by atoms with Crippen LogP contribution in [0.15, 0.2) is 30.3 Å². The lowest BCUT2D eigenvalue weighted by Gasteiger charge is -2.42. The van der Waals surface area contributed by atoms with E-state index in [1.807, 2.05) is 0 Å². The Morgan fingerprint density at radius 2 is 1.95 bits per heavy atom. The van der Waals surface area contributed by atoms with Crippen LogP contribution in [0, 0.1) is 0 Å². The highest BCUT2D eigenvalue weighted by atomic mass is 15.3. The zero-order chi connectivity index (χ0) is 13.1. The largest absolute Gasteiger partial charge is 0.308 e. The Morgan fingerprint density at radius 1 is 1.11 bits per heavy atom. The van der Waals surface area contributed by atoms with Gasteiger partial charge in [-0.1, -0.05) is 30.3 Å². The Bertz CT molecular complexity index is 392. The van der Waals surface area contributed by atoms with Crippen molar-refractivity contribution >= 4 is 0 Å².